The molecule has 0 radical (unpaired) electrons. The highest BCUT2D eigenvalue weighted by Crippen LogP contribution is 2.24. The monoisotopic (exact) mass is 341 g/mol. The van der Waals surface area contributed by atoms with Gasteiger partial charge in [-0.1, -0.05) is 12.1 Å². The molecule has 2 aromatic heterocycles. The van der Waals surface area contributed by atoms with Gasteiger partial charge in [0.05, 0.1) is 11.7 Å². The molecular formula is C18H19N3O2S. The molecule has 0 aliphatic heterocycles. The topological polar surface area (TPSA) is 81.1 Å². The number of aryl methyl sites for hydroxylation is 1. The zero-order valence-corrected chi connectivity index (χ0v) is 14.4. The zero-order valence-electron chi connectivity index (χ0n) is 13.6. The van der Waals surface area contributed by atoms with Gasteiger partial charge in [0, 0.05) is 23.1 Å². The molecule has 0 bridgehead atoms. The highest BCUT2D eigenvalue weighted by Gasteiger charge is 2.11. The molecule has 1 atom stereocenters. The molecule has 1 unspecified atom stereocenters. The average molecular weight is 341 g/mol. The highest BCUT2D eigenvalue weighted by atomic mass is 32.1. The minimum Gasteiger partial charge on any atom is -0.465 e. The summed E-state index contributed by atoms with van der Waals surface area (Å²) < 4.78 is 5.62. The van der Waals surface area contributed by atoms with Gasteiger partial charge in [-0.15, -0.1) is 11.3 Å². The van der Waals surface area contributed by atoms with Crippen LogP contribution in [0.2, 0.25) is 0 Å². The van der Waals surface area contributed by atoms with E-state index in [0.29, 0.717) is 12.1 Å². The number of nitrogens with two attached hydrogens (primary N) is 1. The van der Waals surface area contributed by atoms with Crippen molar-refractivity contribution in [3.8, 4) is 10.6 Å². The minimum absolute atomic E-state index is 0.124. The third kappa shape index (κ3) is 3.72. The lowest BCUT2D eigenvalue weighted by molar-refractivity contribution is 0.100. The first-order chi connectivity index (χ1) is 11.5. The van der Waals surface area contributed by atoms with Crippen LogP contribution in [0.4, 0.5) is 0 Å². The molecule has 5 nitrogen and oxygen atoms in total. The second kappa shape index (κ2) is 6.98. The quantitative estimate of drug-likeness (QED) is 0.717. The van der Waals surface area contributed by atoms with E-state index in [2.05, 4.69) is 17.2 Å². The minimum atomic E-state index is -0.423. The summed E-state index contributed by atoms with van der Waals surface area (Å²) in [4.78, 5) is 15.7. The van der Waals surface area contributed by atoms with Gasteiger partial charge in [-0.05, 0) is 38.1 Å². The van der Waals surface area contributed by atoms with Crippen LogP contribution in [0.5, 0.6) is 0 Å². The van der Waals surface area contributed by atoms with Gasteiger partial charge in [-0.3, -0.25) is 4.79 Å². The van der Waals surface area contributed by atoms with Crippen LogP contribution in [0.25, 0.3) is 10.6 Å². The summed E-state index contributed by atoms with van der Waals surface area (Å²) in [6.07, 6.45) is 0. The van der Waals surface area contributed by atoms with Crippen molar-refractivity contribution in [3.63, 3.8) is 0 Å². The third-order valence-corrected chi connectivity index (χ3v) is 4.69. The van der Waals surface area contributed by atoms with Crippen LogP contribution in [0.1, 0.15) is 40.5 Å². The second-order valence-corrected chi connectivity index (χ2v) is 6.49. The van der Waals surface area contributed by atoms with E-state index in [1.165, 1.54) is 0 Å². The number of hydrogen-bond acceptors (Lipinski definition) is 5. The lowest BCUT2D eigenvalue weighted by Gasteiger charge is -2.09. The van der Waals surface area contributed by atoms with Crippen molar-refractivity contribution in [2.45, 2.75) is 26.4 Å². The number of hydrogen-bond donors (Lipinski definition) is 2. The maximum Gasteiger partial charge on any atom is 0.248 e. The van der Waals surface area contributed by atoms with Gasteiger partial charge in [0.25, 0.3) is 0 Å². The predicted molar refractivity (Wildman–Crippen MR) is 94.8 cm³/mol. The van der Waals surface area contributed by atoms with Gasteiger partial charge in [0.1, 0.15) is 16.5 Å². The Morgan fingerprint density at radius 2 is 2.04 bits per heavy atom. The molecule has 24 heavy (non-hydrogen) atoms. The summed E-state index contributed by atoms with van der Waals surface area (Å²) in [7, 11) is 0. The van der Waals surface area contributed by atoms with E-state index in [9.17, 15) is 4.79 Å². The van der Waals surface area contributed by atoms with E-state index in [0.717, 1.165) is 27.8 Å². The first kappa shape index (κ1) is 16.4. The smallest absolute Gasteiger partial charge is 0.248 e. The first-order valence-electron chi connectivity index (χ1n) is 7.67. The molecule has 0 spiro atoms. The molecule has 0 saturated carbocycles. The number of carbonyl (C=O) groups is 1. The number of rotatable bonds is 6. The van der Waals surface area contributed by atoms with E-state index < -0.39 is 5.91 Å². The van der Waals surface area contributed by atoms with Gasteiger partial charge in [-0.2, -0.15) is 0 Å². The third-order valence-electron chi connectivity index (χ3n) is 3.75. The number of benzene rings is 1. The number of furan rings is 1. The Kier molecular flexibility index (Phi) is 4.78. The number of aromatic nitrogens is 1. The maximum atomic E-state index is 11.1. The number of nitrogens with zero attached hydrogens (tertiary/aromatic N) is 1. The molecule has 3 rings (SSSR count). The van der Waals surface area contributed by atoms with Gasteiger partial charge < -0.3 is 15.5 Å². The lowest BCUT2D eigenvalue weighted by Crippen LogP contribution is -2.17. The Bertz CT molecular complexity index is 836. The fraction of sp³-hybridized carbons (Fsp3) is 0.222. The van der Waals surface area contributed by atoms with Crippen molar-refractivity contribution >= 4 is 17.2 Å². The van der Waals surface area contributed by atoms with Gasteiger partial charge in [-0.25, -0.2) is 4.98 Å². The molecule has 0 aliphatic rings. The SMILES string of the molecule is Cc1ccc(C(C)NCc2csc(-c3ccc(C(N)=O)cc3)n2)o1. The van der Waals surface area contributed by atoms with Crippen molar-refractivity contribution in [1.29, 1.82) is 0 Å². The second-order valence-electron chi connectivity index (χ2n) is 5.64. The van der Waals surface area contributed by atoms with E-state index in [4.69, 9.17) is 10.2 Å². The number of primary amides is 1. The normalized spacial score (nSPS) is 12.2. The zero-order chi connectivity index (χ0) is 17.1. The van der Waals surface area contributed by atoms with E-state index in [1.807, 2.05) is 36.6 Å². The van der Waals surface area contributed by atoms with Crippen LogP contribution in [0.3, 0.4) is 0 Å². The standard InChI is InChI=1S/C18H19N3O2S/c1-11-3-8-16(23-11)12(2)20-9-15-10-24-18(21-15)14-6-4-13(5-7-14)17(19)22/h3-8,10,12,20H,9H2,1-2H3,(H2,19,22). The van der Waals surface area contributed by atoms with E-state index in [1.54, 1.807) is 23.5 Å². The molecular weight excluding hydrogens is 322 g/mol. The van der Waals surface area contributed by atoms with Crippen molar-refractivity contribution in [3.05, 3.63) is 64.6 Å². The van der Waals surface area contributed by atoms with Crippen LogP contribution in [0.15, 0.2) is 46.2 Å². The number of amides is 1. The fourth-order valence-electron chi connectivity index (χ4n) is 2.34. The molecule has 0 fully saturated rings. The summed E-state index contributed by atoms with van der Waals surface area (Å²) >= 11 is 1.58. The Hall–Kier alpha value is -2.44. The Labute approximate surface area is 144 Å². The molecule has 2 heterocycles. The highest BCUT2D eigenvalue weighted by molar-refractivity contribution is 7.13. The van der Waals surface area contributed by atoms with Gasteiger partial charge >= 0.3 is 0 Å². The molecule has 6 heteroatoms. The predicted octanol–water partition coefficient (Wildman–Crippen LogP) is 3.66. The molecule has 124 valence electrons. The van der Waals surface area contributed by atoms with Crippen molar-refractivity contribution < 1.29 is 9.21 Å². The molecule has 3 aromatic rings. The van der Waals surface area contributed by atoms with Crippen LogP contribution in [-0.4, -0.2) is 10.9 Å². The first-order valence-corrected chi connectivity index (χ1v) is 8.55. The number of nitrogens with one attached hydrogen (secondary N) is 1. The van der Waals surface area contributed by atoms with E-state index >= 15 is 0 Å². The van der Waals surface area contributed by atoms with Crippen molar-refractivity contribution in [2.75, 3.05) is 0 Å². The summed E-state index contributed by atoms with van der Waals surface area (Å²) in [6, 6.07) is 11.2. The van der Waals surface area contributed by atoms with Crippen LogP contribution < -0.4 is 11.1 Å². The Balaban J connectivity index is 1.64. The Morgan fingerprint density at radius 1 is 1.29 bits per heavy atom. The van der Waals surface area contributed by atoms with Crippen LogP contribution in [0, 0.1) is 6.92 Å². The lowest BCUT2D eigenvalue weighted by atomic mass is 10.1. The Morgan fingerprint density at radius 3 is 2.67 bits per heavy atom. The fourth-order valence-corrected chi connectivity index (χ4v) is 3.17. The molecule has 1 amide bonds. The van der Waals surface area contributed by atoms with Crippen LogP contribution in [-0.2, 0) is 6.54 Å². The summed E-state index contributed by atoms with van der Waals surface area (Å²) in [5.74, 6) is 1.41. The number of carbonyl (C=O) groups excluding carboxylic acids is 1. The largest absolute Gasteiger partial charge is 0.465 e. The summed E-state index contributed by atoms with van der Waals surface area (Å²) in [5.41, 5.74) is 7.71. The van der Waals surface area contributed by atoms with Gasteiger partial charge in [0.15, 0.2) is 0 Å². The van der Waals surface area contributed by atoms with Crippen molar-refractivity contribution in [1.82, 2.24) is 10.3 Å². The van der Waals surface area contributed by atoms with Crippen molar-refractivity contribution in [2.24, 2.45) is 5.73 Å². The molecule has 0 aliphatic carbocycles. The van der Waals surface area contributed by atoms with Gasteiger partial charge in [0.2, 0.25) is 5.91 Å². The van der Waals surface area contributed by atoms with Crippen LogP contribution >= 0.6 is 11.3 Å². The summed E-state index contributed by atoms with van der Waals surface area (Å²) in [5, 5.41) is 6.36. The number of thiazole rings is 1. The molecule has 3 N–H and O–H groups in total. The maximum absolute atomic E-state index is 11.1. The molecule has 0 saturated heterocycles. The molecule has 1 aromatic carbocycles. The average Bonchev–Trinajstić information content (AvgIpc) is 3.22. The summed E-state index contributed by atoms with van der Waals surface area (Å²) in [6.45, 7) is 4.66. The van der Waals surface area contributed by atoms with E-state index in [-0.39, 0.29) is 6.04 Å².